The number of rotatable bonds is 4. The second kappa shape index (κ2) is 5.63. The number of hydrogen-bond donors (Lipinski definition) is 1. The Labute approximate surface area is 113 Å². The summed E-state index contributed by atoms with van der Waals surface area (Å²) in [6.07, 6.45) is 3.15. The molecule has 2 aromatic rings. The van der Waals surface area contributed by atoms with Gasteiger partial charge in [-0.15, -0.1) is 0 Å². The fourth-order valence-corrected chi connectivity index (χ4v) is 2.26. The maximum absolute atomic E-state index is 13.9. The predicted octanol–water partition coefficient (Wildman–Crippen LogP) is 3.28. The second-order valence-corrected chi connectivity index (χ2v) is 4.91. The van der Waals surface area contributed by atoms with E-state index in [0.29, 0.717) is 10.2 Å². The van der Waals surface area contributed by atoms with Gasteiger partial charge in [0.25, 0.3) is 0 Å². The lowest BCUT2D eigenvalue weighted by Gasteiger charge is -2.15. The number of hydrogen-bond acceptors (Lipinski definition) is 2. The number of benzene rings is 1. The molecule has 0 aliphatic rings. The van der Waals surface area contributed by atoms with Crippen LogP contribution in [0, 0.1) is 5.82 Å². The third-order valence-corrected chi connectivity index (χ3v) is 3.38. The Hall–Kier alpha value is -1.20. The lowest BCUT2D eigenvalue weighted by atomic mass is 10.1. The Balaban J connectivity index is 2.38. The topological polar surface area (TPSA) is 38.0 Å². The number of imidazole rings is 1. The zero-order chi connectivity index (χ0) is 13.1. The van der Waals surface area contributed by atoms with Crippen molar-refractivity contribution in [1.82, 2.24) is 9.55 Å². The lowest BCUT2D eigenvalue weighted by Crippen LogP contribution is -2.09. The van der Waals surface area contributed by atoms with Crippen molar-refractivity contribution < 1.29 is 9.50 Å². The lowest BCUT2D eigenvalue weighted by molar-refractivity contribution is 0.204. The molecule has 1 atom stereocenters. The molecule has 0 aliphatic carbocycles. The first-order valence-corrected chi connectivity index (χ1v) is 6.56. The highest BCUT2D eigenvalue weighted by atomic mass is 79.9. The summed E-state index contributed by atoms with van der Waals surface area (Å²) in [4.78, 5) is 4.01. The fourth-order valence-electron chi connectivity index (χ4n) is 1.88. The van der Waals surface area contributed by atoms with Crippen LogP contribution >= 0.6 is 15.9 Å². The smallest absolute Gasteiger partial charge is 0.143 e. The molecule has 1 unspecified atom stereocenters. The minimum Gasteiger partial charge on any atom is -0.382 e. The molecule has 0 spiro atoms. The van der Waals surface area contributed by atoms with Gasteiger partial charge in [0.15, 0.2) is 0 Å². The summed E-state index contributed by atoms with van der Waals surface area (Å²) >= 11 is 3.12. The number of aryl methyl sites for hydroxylation is 1. The normalized spacial score (nSPS) is 12.7. The van der Waals surface area contributed by atoms with E-state index in [4.69, 9.17) is 0 Å². The largest absolute Gasteiger partial charge is 0.382 e. The average molecular weight is 313 g/mol. The molecule has 0 amide bonds. The minimum atomic E-state index is -1.00. The monoisotopic (exact) mass is 312 g/mol. The van der Waals surface area contributed by atoms with Gasteiger partial charge in [-0.1, -0.05) is 19.1 Å². The summed E-state index contributed by atoms with van der Waals surface area (Å²) in [5.74, 6) is -0.436. The number of aliphatic hydroxyl groups excluding tert-OH is 1. The molecule has 0 bridgehead atoms. The predicted molar refractivity (Wildman–Crippen MR) is 70.7 cm³/mol. The molecule has 0 radical (unpaired) electrons. The highest BCUT2D eigenvalue weighted by molar-refractivity contribution is 9.10. The van der Waals surface area contributed by atoms with Crippen LogP contribution in [-0.4, -0.2) is 14.7 Å². The zero-order valence-corrected chi connectivity index (χ0v) is 11.6. The van der Waals surface area contributed by atoms with E-state index in [1.807, 2.05) is 11.5 Å². The average Bonchev–Trinajstić information content (AvgIpc) is 2.80. The van der Waals surface area contributed by atoms with Gasteiger partial charge < -0.3 is 9.67 Å². The molecule has 1 aromatic carbocycles. The van der Waals surface area contributed by atoms with Crippen LogP contribution in [0.25, 0.3) is 0 Å². The Morgan fingerprint density at radius 3 is 3.00 bits per heavy atom. The van der Waals surface area contributed by atoms with Crippen molar-refractivity contribution >= 4 is 15.9 Å². The summed E-state index contributed by atoms with van der Waals surface area (Å²) in [6.45, 7) is 2.79. The van der Waals surface area contributed by atoms with Gasteiger partial charge >= 0.3 is 0 Å². The molecule has 96 valence electrons. The maximum atomic E-state index is 13.9. The van der Waals surface area contributed by atoms with E-state index in [-0.39, 0.29) is 5.56 Å². The number of halogens is 2. The summed E-state index contributed by atoms with van der Waals surface area (Å²) in [6, 6.07) is 4.88. The van der Waals surface area contributed by atoms with E-state index in [0.717, 1.165) is 13.0 Å². The van der Waals surface area contributed by atoms with Crippen molar-refractivity contribution in [2.24, 2.45) is 0 Å². The molecule has 0 saturated carbocycles. The molecular weight excluding hydrogens is 299 g/mol. The van der Waals surface area contributed by atoms with E-state index in [1.165, 1.54) is 0 Å². The highest BCUT2D eigenvalue weighted by Crippen LogP contribution is 2.28. The van der Waals surface area contributed by atoms with E-state index in [2.05, 4.69) is 20.9 Å². The van der Waals surface area contributed by atoms with Gasteiger partial charge in [-0.25, -0.2) is 9.37 Å². The van der Waals surface area contributed by atoms with Crippen LogP contribution in [0.4, 0.5) is 4.39 Å². The summed E-state index contributed by atoms with van der Waals surface area (Å²) in [5.41, 5.74) is 0.857. The minimum absolute atomic E-state index is 0.252. The number of aliphatic hydroxyl groups is 1. The molecule has 0 saturated heterocycles. The fraction of sp³-hybridized carbons (Fsp3) is 0.308. The maximum Gasteiger partial charge on any atom is 0.143 e. The van der Waals surface area contributed by atoms with E-state index >= 15 is 0 Å². The van der Waals surface area contributed by atoms with Gasteiger partial charge in [0.05, 0.1) is 22.7 Å². The van der Waals surface area contributed by atoms with Crippen LogP contribution in [0.2, 0.25) is 0 Å². The highest BCUT2D eigenvalue weighted by Gasteiger charge is 2.19. The number of aromatic nitrogens is 2. The molecule has 18 heavy (non-hydrogen) atoms. The third kappa shape index (κ3) is 2.47. The zero-order valence-electron chi connectivity index (χ0n) is 9.98. The van der Waals surface area contributed by atoms with Gasteiger partial charge in [0.2, 0.25) is 0 Å². The van der Waals surface area contributed by atoms with Crippen molar-refractivity contribution in [3.05, 3.63) is 52.3 Å². The molecule has 0 aliphatic heterocycles. The van der Waals surface area contributed by atoms with Gasteiger partial charge in [0.1, 0.15) is 11.9 Å². The van der Waals surface area contributed by atoms with Crippen molar-refractivity contribution in [3.63, 3.8) is 0 Å². The molecule has 5 heteroatoms. The summed E-state index contributed by atoms with van der Waals surface area (Å²) < 4.78 is 16.1. The first-order chi connectivity index (χ1) is 8.65. The van der Waals surface area contributed by atoms with Crippen LogP contribution in [0.5, 0.6) is 0 Å². The standard InChI is InChI=1S/C13H14BrFN2O/c1-2-6-17-8-16-7-11(17)13(18)9-4-3-5-10(14)12(9)15/h3-5,7-8,13,18H,2,6H2,1H3. The van der Waals surface area contributed by atoms with Crippen molar-refractivity contribution in [3.8, 4) is 0 Å². The van der Waals surface area contributed by atoms with Crippen molar-refractivity contribution in [2.45, 2.75) is 26.0 Å². The van der Waals surface area contributed by atoms with E-state index in [9.17, 15) is 9.50 Å². The van der Waals surface area contributed by atoms with Crippen LogP contribution in [0.15, 0.2) is 35.2 Å². The molecule has 3 nitrogen and oxygen atoms in total. The Bertz CT molecular complexity index is 542. The molecule has 1 aromatic heterocycles. The summed E-state index contributed by atoms with van der Waals surface area (Å²) in [7, 11) is 0. The van der Waals surface area contributed by atoms with E-state index < -0.39 is 11.9 Å². The Morgan fingerprint density at radius 1 is 1.50 bits per heavy atom. The van der Waals surface area contributed by atoms with Crippen molar-refractivity contribution in [2.75, 3.05) is 0 Å². The van der Waals surface area contributed by atoms with Crippen LogP contribution in [-0.2, 0) is 6.54 Å². The Morgan fingerprint density at radius 2 is 2.28 bits per heavy atom. The quantitative estimate of drug-likeness (QED) is 0.941. The van der Waals surface area contributed by atoms with Gasteiger partial charge in [-0.05, 0) is 28.4 Å². The molecule has 1 heterocycles. The second-order valence-electron chi connectivity index (χ2n) is 4.06. The van der Waals surface area contributed by atoms with Crippen LogP contribution < -0.4 is 0 Å². The first kappa shape index (κ1) is 13.2. The third-order valence-electron chi connectivity index (χ3n) is 2.77. The SMILES string of the molecule is CCCn1cncc1C(O)c1cccc(Br)c1F. The number of nitrogens with zero attached hydrogens (tertiary/aromatic N) is 2. The van der Waals surface area contributed by atoms with Gasteiger partial charge in [-0.2, -0.15) is 0 Å². The van der Waals surface area contributed by atoms with Crippen molar-refractivity contribution in [1.29, 1.82) is 0 Å². The molecule has 2 rings (SSSR count). The first-order valence-electron chi connectivity index (χ1n) is 5.77. The molecular formula is C13H14BrFN2O. The van der Waals surface area contributed by atoms with Crippen LogP contribution in [0.1, 0.15) is 30.7 Å². The van der Waals surface area contributed by atoms with Crippen LogP contribution in [0.3, 0.4) is 0 Å². The molecule has 1 N–H and O–H groups in total. The Kier molecular flexibility index (Phi) is 4.14. The summed E-state index contributed by atoms with van der Waals surface area (Å²) in [5, 5.41) is 10.3. The van der Waals surface area contributed by atoms with Gasteiger partial charge in [-0.3, -0.25) is 0 Å². The van der Waals surface area contributed by atoms with Gasteiger partial charge in [0, 0.05) is 12.1 Å². The molecule has 0 fully saturated rings. The van der Waals surface area contributed by atoms with E-state index in [1.54, 1.807) is 30.7 Å².